The minimum Gasteiger partial charge on any atom is -0.258 e. The largest absolute Gasteiger partial charge is 0.258 e. The van der Waals surface area contributed by atoms with Crippen molar-refractivity contribution in [2.24, 2.45) is 11.2 Å². The predicted octanol–water partition coefficient (Wildman–Crippen LogP) is 1.54. The second-order valence-corrected chi connectivity index (χ2v) is 3.38. The Labute approximate surface area is 60.3 Å². The summed E-state index contributed by atoms with van der Waals surface area (Å²) in [4.78, 5) is 10.2. The molecule has 0 N–H and O–H groups in total. The van der Waals surface area contributed by atoms with E-state index in [4.69, 9.17) is 0 Å². The molecule has 2 aliphatic heterocycles. The third-order valence-corrected chi connectivity index (χ3v) is 2.79. The molecular weight excluding hydrogens is 128 g/mol. The van der Waals surface area contributed by atoms with Gasteiger partial charge in [0.05, 0.1) is 11.3 Å². The molecule has 2 bridgehead atoms. The van der Waals surface area contributed by atoms with Gasteiger partial charge in [-0.15, -0.1) is 4.91 Å². The summed E-state index contributed by atoms with van der Waals surface area (Å²) < 4.78 is 0. The lowest BCUT2D eigenvalue weighted by molar-refractivity contribution is 0.0500. The van der Waals surface area contributed by atoms with E-state index in [1.165, 1.54) is 25.7 Å². The molecule has 2 heterocycles. The van der Waals surface area contributed by atoms with Crippen molar-refractivity contribution in [1.29, 1.82) is 0 Å². The molecule has 3 rings (SSSR count). The number of hydrogen-bond acceptors (Lipinski definition) is 2. The lowest BCUT2D eigenvalue weighted by Gasteiger charge is -2.41. The summed E-state index contributed by atoms with van der Waals surface area (Å²) in [6, 6.07) is 0.488. The van der Waals surface area contributed by atoms with Crippen molar-refractivity contribution >= 4 is 0 Å². The predicted molar refractivity (Wildman–Crippen MR) is 38.2 cm³/mol. The van der Waals surface area contributed by atoms with Gasteiger partial charge in [-0.25, -0.2) is 0 Å². The second-order valence-electron chi connectivity index (χ2n) is 3.38. The Hall–Kier alpha value is -0.600. The Morgan fingerprint density at radius 3 is 2.20 bits per heavy atom. The molecule has 1 saturated carbocycles. The van der Waals surface area contributed by atoms with Crippen LogP contribution in [0.4, 0.5) is 0 Å². The van der Waals surface area contributed by atoms with Gasteiger partial charge in [0.2, 0.25) is 0 Å². The van der Waals surface area contributed by atoms with E-state index in [1.54, 1.807) is 5.01 Å². The Morgan fingerprint density at radius 1 is 1.20 bits per heavy atom. The minimum absolute atomic E-state index is 0.488. The van der Waals surface area contributed by atoms with Crippen LogP contribution in [-0.2, 0) is 0 Å². The minimum atomic E-state index is 0.488. The van der Waals surface area contributed by atoms with Gasteiger partial charge in [0, 0.05) is 6.54 Å². The molecule has 3 heteroatoms. The quantitative estimate of drug-likeness (QED) is 0.517. The molecule has 3 fully saturated rings. The normalized spacial score (nSPS) is 38.2. The highest BCUT2D eigenvalue weighted by Gasteiger charge is 2.33. The maximum atomic E-state index is 10.2. The van der Waals surface area contributed by atoms with Crippen LogP contribution in [0.2, 0.25) is 0 Å². The number of nitrogens with zero attached hydrogens (tertiary/aromatic N) is 2. The maximum Gasteiger partial charge on any atom is 0.0526 e. The first-order chi connectivity index (χ1) is 4.90. The molecule has 56 valence electrons. The van der Waals surface area contributed by atoms with Gasteiger partial charge < -0.3 is 0 Å². The van der Waals surface area contributed by atoms with Crippen molar-refractivity contribution in [3.8, 4) is 0 Å². The summed E-state index contributed by atoms with van der Waals surface area (Å²) >= 11 is 0. The van der Waals surface area contributed by atoms with Gasteiger partial charge in [-0.2, -0.15) is 0 Å². The number of fused-ring (bicyclic) bond motifs is 3. The van der Waals surface area contributed by atoms with Crippen LogP contribution >= 0.6 is 0 Å². The van der Waals surface area contributed by atoms with Crippen molar-refractivity contribution in [1.82, 2.24) is 5.01 Å². The molecule has 0 radical (unpaired) electrons. The summed E-state index contributed by atoms with van der Waals surface area (Å²) in [5.74, 6) is 0.766. The number of rotatable bonds is 1. The highest BCUT2D eigenvalue weighted by Crippen LogP contribution is 2.34. The Morgan fingerprint density at radius 2 is 1.90 bits per heavy atom. The van der Waals surface area contributed by atoms with E-state index < -0.39 is 0 Å². The van der Waals surface area contributed by atoms with E-state index in [2.05, 4.69) is 5.29 Å². The zero-order chi connectivity index (χ0) is 6.97. The van der Waals surface area contributed by atoms with Crippen LogP contribution in [0.5, 0.6) is 0 Å². The monoisotopic (exact) mass is 140 g/mol. The summed E-state index contributed by atoms with van der Waals surface area (Å²) in [5.41, 5.74) is 0. The molecule has 0 aromatic carbocycles. The molecule has 3 aliphatic rings. The fourth-order valence-electron chi connectivity index (χ4n) is 2.14. The summed E-state index contributed by atoms with van der Waals surface area (Å²) in [6.07, 6.45) is 5.01. The van der Waals surface area contributed by atoms with Crippen molar-refractivity contribution < 1.29 is 0 Å². The van der Waals surface area contributed by atoms with E-state index in [0.29, 0.717) is 6.04 Å². The highest BCUT2D eigenvalue weighted by molar-refractivity contribution is 4.85. The molecule has 0 aromatic heterocycles. The average Bonchev–Trinajstić information content (AvgIpc) is 2.06. The van der Waals surface area contributed by atoms with Gasteiger partial charge in [0.1, 0.15) is 0 Å². The van der Waals surface area contributed by atoms with E-state index in [-0.39, 0.29) is 0 Å². The summed E-state index contributed by atoms with van der Waals surface area (Å²) in [5, 5.41) is 4.75. The zero-order valence-electron chi connectivity index (χ0n) is 5.99. The number of piperidine rings is 2. The van der Waals surface area contributed by atoms with E-state index in [9.17, 15) is 4.91 Å². The molecule has 0 spiro atoms. The van der Waals surface area contributed by atoms with Gasteiger partial charge in [-0.1, -0.05) is 0 Å². The van der Waals surface area contributed by atoms with Gasteiger partial charge in [-0.3, -0.25) is 5.01 Å². The van der Waals surface area contributed by atoms with Crippen LogP contribution in [0, 0.1) is 10.8 Å². The van der Waals surface area contributed by atoms with Crippen LogP contribution in [0.3, 0.4) is 0 Å². The van der Waals surface area contributed by atoms with Gasteiger partial charge >= 0.3 is 0 Å². The third-order valence-electron chi connectivity index (χ3n) is 2.79. The van der Waals surface area contributed by atoms with Gasteiger partial charge in [0.25, 0.3) is 0 Å². The molecule has 10 heavy (non-hydrogen) atoms. The first kappa shape index (κ1) is 6.13. The number of hydrogen-bond donors (Lipinski definition) is 0. The highest BCUT2D eigenvalue weighted by atomic mass is 16.3. The maximum absolute atomic E-state index is 10.2. The Balaban J connectivity index is 2.07. The molecule has 1 aliphatic carbocycles. The topological polar surface area (TPSA) is 32.7 Å². The molecule has 0 aromatic rings. The van der Waals surface area contributed by atoms with E-state index in [1.807, 2.05) is 0 Å². The van der Waals surface area contributed by atoms with Crippen LogP contribution in [-0.4, -0.2) is 17.6 Å². The van der Waals surface area contributed by atoms with Crippen molar-refractivity contribution in [2.75, 3.05) is 6.54 Å². The SMILES string of the molecule is O=NN1CC2CCC1CC2. The zero-order valence-corrected chi connectivity index (χ0v) is 5.99. The Kier molecular flexibility index (Phi) is 1.36. The molecule has 3 nitrogen and oxygen atoms in total. The molecular formula is C7H12N2O. The summed E-state index contributed by atoms with van der Waals surface area (Å²) in [6.45, 7) is 0.925. The fourth-order valence-corrected chi connectivity index (χ4v) is 2.14. The van der Waals surface area contributed by atoms with Crippen molar-refractivity contribution in [3.63, 3.8) is 0 Å². The Bertz CT molecular complexity index is 141. The lowest BCUT2D eigenvalue weighted by atomic mass is 9.81. The summed E-state index contributed by atoms with van der Waals surface area (Å²) in [7, 11) is 0. The van der Waals surface area contributed by atoms with Gasteiger partial charge in [-0.05, 0) is 31.6 Å². The first-order valence-corrected chi connectivity index (χ1v) is 4.00. The molecule has 0 atom stereocenters. The molecule has 0 amide bonds. The third kappa shape index (κ3) is 0.805. The van der Waals surface area contributed by atoms with Crippen LogP contribution in [0.25, 0.3) is 0 Å². The second kappa shape index (κ2) is 2.22. The molecule has 0 unspecified atom stereocenters. The first-order valence-electron chi connectivity index (χ1n) is 4.00. The van der Waals surface area contributed by atoms with Crippen LogP contribution < -0.4 is 0 Å². The van der Waals surface area contributed by atoms with E-state index >= 15 is 0 Å². The van der Waals surface area contributed by atoms with Crippen LogP contribution in [0.1, 0.15) is 25.7 Å². The average molecular weight is 140 g/mol. The lowest BCUT2D eigenvalue weighted by Crippen LogP contribution is -2.44. The fraction of sp³-hybridized carbons (Fsp3) is 1.00. The van der Waals surface area contributed by atoms with E-state index in [0.717, 1.165) is 12.5 Å². The number of nitroso groups, excluding NO2 is 1. The van der Waals surface area contributed by atoms with Crippen molar-refractivity contribution in [3.05, 3.63) is 4.91 Å². The van der Waals surface area contributed by atoms with Crippen LogP contribution in [0.15, 0.2) is 5.29 Å². The van der Waals surface area contributed by atoms with Gasteiger partial charge in [0.15, 0.2) is 0 Å². The van der Waals surface area contributed by atoms with Crippen molar-refractivity contribution in [2.45, 2.75) is 31.7 Å². The smallest absolute Gasteiger partial charge is 0.0526 e. The standard InChI is InChI=1S/C7H12N2O/c10-8-9-5-6-1-3-7(9)4-2-6/h6-7H,1-5H2. The molecule has 2 saturated heterocycles.